The molecular weight excluding hydrogens is 373 g/mol. The van der Waals surface area contributed by atoms with Crippen LogP contribution in [0.5, 0.6) is 5.75 Å². The van der Waals surface area contributed by atoms with Crippen LogP contribution >= 0.6 is 8.58 Å². The van der Waals surface area contributed by atoms with Crippen molar-refractivity contribution in [2.45, 2.75) is 92.2 Å². The van der Waals surface area contributed by atoms with Crippen LogP contribution in [0.4, 0.5) is 0 Å². The van der Waals surface area contributed by atoms with Crippen LogP contribution in [-0.2, 0) is 17.4 Å². The van der Waals surface area contributed by atoms with Crippen LogP contribution in [0, 0.1) is 6.92 Å². The van der Waals surface area contributed by atoms with Crippen molar-refractivity contribution < 1.29 is 5.11 Å². The van der Waals surface area contributed by atoms with Crippen molar-refractivity contribution in [1.82, 2.24) is 5.32 Å². The van der Waals surface area contributed by atoms with E-state index < -0.39 is 0 Å². The summed E-state index contributed by atoms with van der Waals surface area (Å²) in [5, 5.41) is 17.1. The predicted octanol–water partition coefficient (Wildman–Crippen LogP) is 5.81. The van der Waals surface area contributed by atoms with E-state index >= 15 is 0 Å². The lowest BCUT2D eigenvalue weighted by molar-refractivity contribution is 0.425. The van der Waals surface area contributed by atoms with Crippen LogP contribution < -0.4 is 15.9 Å². The third-order valence-corrected chi connectivity index (χ3v) is 6.53. The first-order valence-electron chi connectivity index (χ1n) is 10.6. The van der Waals surface area contributed by atoms with E-state index in [1.165, 1.54) is 22.0 Å². The number of aromatic hydroxyl groups is 1. The topological polar surface area (TPSA) is 32.3 Å². The highest BCUT2D eigenvalue weighted by molar-refractivity contribution is 7.55. The van der Waals surface area contributed by atoms with Gasteiger partial charge in [-0.05, 0) is 61.0 Å². The molecule has 0 spiro atoms. The normalized spacial score (nSPS) is 13.4. The highest BCUT2D eigenvalue weighted by atomic mass is 31.1. The molecule has 0 amide bonds. The average molecular weight is 414 g/mol. The summed E-state index contributed by atoms with van der Waals surface area (Å²) >= 11 is 0. The summed E-state index contributed by atoms with van der Waals surface area (Å²) in [7, 11) is 0.425. The van der Waals surface area contributed by atoms with Crippen molar-refractivity contribution in [3.05, 3.63) is 52.6 Å². The molecule has 160 valence electrons. The molecule has 2 rings (SSSR count). The molecule has 0 aromatic heterocycles. The Morgan fingerprint density at radius 1 is 0.828 bits per heavy atom. The Hall–Kier alpha value is -1.37. The van der Waals surface area contributed by atoms with E-state index in [2.05, 4.69) is 105 Å². The Labute approximate surface area is 180 Å². The number of benzene rings is 2. The zero-order valence-electron chi connectivity index (χ0n) is 20.0. The standard InChI is InChI=1S/C26H40NOP/c1-17-11-12-21(18(13-17)16-27-26(8,9)10)29-22-15-19(24(2,3)4)14-20(23(22)28)25(5,6)7/h11-15,27-29H,16H2,1-10H3. The van der Waals surface area contributed by atoms with Crippen molar-refractivity contribution in [3.63, 3.8) is 0 Å². The second kappa shape index (κ2) is 8.40. The van der Waals surface area contributed by atoms with Gasteiger partial charge in [0, 0.05) is 23.0 Å². The van der Waals surface area contributed by atoms with Crippen molar-refractivity contribution in [2.75, 3.05) is 0 Å². The molecule has 0 aliphatic heterocycles. The lowest BCUT2D eigenvalue weighted by atomic mass is 9.80. The maximum atomic E-state index is 11.2. The van der Waals surface area contributed by atoms with E-state index in [4.69, 9.17) is 0 Å². The number of aryl methyl sites for hydroxylation is 1. The Kier molecular flexibility index (Phi) is 6.93. The predicted molar refractivity (Wildman–Crippen MR) is 131 cm³/mol. The molecule has 0 saturated heterocycles. The van der Waals surface area contributed by atoms with Gasteiger partial charge in [-0.1, -0.05) is 80.0 Å². The van der Waals surface area contributed by atoms with E-state index in [1.54, 1.807) is 0 Å². The van der Waals surface area contributed by atoms with Crippen LogP contribution in [-0.4, -0.2) is 10.6 Å². The van der Waals surface area contributed by atoms with Gasteiger partial charge < -0.3 is 10.4 Å². The SMILES string of the molecule is Cc1ccc(Pc2cc(C(C)(C)C)cc(C(C)(C)C)c2O)c(CNC(C)(C)C)c1. The Balaban J connectivity index is 2.54. The van der Waals surface area contributed by atoms with E-state index in [1.807, 2.05) is 0 Å². The highest BCUT2D eigenvalue weighted by Crippen LogP contribution is 2.36. The molecule has 0 radical (unpaired) electrons. The zero-order chi connectivity index (χ0) is 22.2. The van der Waals surface area contributed by atoms with Crippen LogP contribution in [0.1, 0.15) is 84.6 Å². The molecule has 3 heteroatoms. The Bertz CT molecular complexity index is 864. The molecule has 0 saturated carbocycles. The van der Waals surface area contributed by atoms with Gasteiger partial charge in [0.1, 0.15) is 5.75 Å². The van der Waals surface area contributed by atoms with E-state index in [-0.39, 0.29) is 16.4 Å². The molecule has 1 atom stereocenters. The van der Waals surface area contributed by atoms with Crippen LogP contribution in [0.3, 0.4) is 0 Å². The zero-order valence-corrected chi connectivity index (χ0v) is 21.0. The molecule has 1 unspecified atom stereocenters. The number of hydrogen-bond acceptors (Lipinski definition) is 2. The van der Waals surface area contributed by atoms with Crippen molar-refractivity contribution in [1.29, 1.82) is 0 Å². The second-order valence-corrected chi connectivity index (χ2v) is 12.6. The average Bonchev–Trinajstić information content (AvgIpc) is 2.53. The number of phenols is 1. The van der Waals surface area contributed by atoms with Crippen molar-refractivity contribution >= 4 is 19.2 Å². The smallest absolute Gasteiger partial charge is 0.127 e. The third kappa shape index (κ3) is 6.56. The van der Waals surface area contributed by atoms with Crippen LogP contribution in [0.25, 0.3) is 0 Å². The van der Waals surface area contributed by atoms with Crippen LogP contribution in [0.15, 0.2) is 30.3 Å². The van der Waals surface area contributed by atoms with Gasteiger partial charge in [0.25, 0.3) is 0 Å². The maximum Gasteiger partial charge on any atom is 0.127 e. The van der Waals surface area contributed by atoms with Crippen LogP contribution in [0.2, 0.25) is 0 Å². The molecule has 0 aliphatic carbocycles. The highest BCUT2D eigenvalue weighted by Gasteiger charge is 2.25. The molecule has 0 bridgehead atoms. The third-order valence-electron chi connectivity index (χ3n) is 5.12. The summed E-state index contributed by atoms with van der Waals surface area (Å²) in [6.07, 6.45) is 0. The largest absolute Gasteiger partial charge is 0.507 e. The lowest BCUT2D eigenvalue weighted by Gasteiger charge is -2.28. The minimum atomic E-state index is -0.103. The first kappa shape index (κ1) is 23.9. The van der Waals surface area contributed by atoms with Gasteiger partial charge in [-0.25, -0.2) is 0 Å². The van der Waals surface area contributed by atoms with Gasteiger partial charge in [0.2, 0.25) is 0 Å². The van der Waals surface area contributed by atoms with Gasteiger partial charge in [-0.15, -0.1) is 0 Å². The summed E-state index contributed by atoms with van der Waals surface area (Å²) in [5.41, 5.74) is 4.91. The number of rotatable bonds is 4. The molecule has 29 heavy (non-hydrogen) atoms. The molecule has 2 N–H and O–H groups in total. The van der Waals surface area contributed by atoms with E-state index in [9.17, 15) is 5.11 Å². The van der Waals surface area contributed by atoms with Gasteiger partial charge in [0.15, 0.2) is 0 Å². The molecule has 0 aliphatic rings. The first-order valence-corrected chi connectivity index (χ1v) is 11.6. The molecule has 0 heterocycles. The Morgan fingerprint density at radius 3 is 1.97 bits per heavy atom. The van der Waals surface area contributed by atoms with Gasteiger partial charge >= 0.3 is 0 Å². The van der Waals surface area contributed by atoms with E-state index in [0.29, 0.717) is 14.3 Å². The van der Waals surface area contributed by atoms with Crippen molar-refractivity contribution in [2.24, 2.45) is 0 Å². The van der Waals surface area contributed by atoms with E-state index in [0.717, 1.165) is 17.4 Å². The number of phenolic OH excluding ortho intramolecular Hbond substituents is 1. The lowest BCUT2D eigenvalue weighted by Crippen LogP contribution is -2.36. The minimum absolute atomic E-state index is 0.0385. The number of nitrogens with one attached hydrogen (secondary N) is 1. The summed E-state index contributed by atoms with van der Waals surface area (Å²) in [6.45, 7) is 22.8. The van der Waals surface area contributed by atoms with Gasteiger partial charge in [-0.3, -0.25) is 0 Å². The summed E-state index contributed by atoms with van der Waals surface area (Å²) in [6, 6.07) is 11.1. The maximum absolute atomic E-state index is 11.2. The fourth-order valence-corrected chi connectivity index (χ4v) is 4.49. The summed E-state index contributed by atoms with van der Waals surface area (Å²) < 4.78 is 0. The minimum Gasteiger partial charge on any atom is -0.507 e. The first-order chi connectivity index (χ1) is 13.1. The fourth-order valence-electron chi connectivity index (χ4n) is 3.23. The Morgan fingerprint density at radius 2 is 1.45 bits per heavy atom. The van der Waals surface area contributed by atoms with Crippen molar-refractivity contribution in [3.8, 4) is 5.75 Å². The molecular formula is C26H40NOP. The van der Waals surface area contributed by atoms with Gasteiger partial charge in [0.05, 0.1) is 0 Å². The van der Waals surface area contributed by atoms with Gasteiger partial charge in [-0.2, -0.15) is 0 Å². The summed E-state index contributed by atoms with van der Waals surface area (Å²) in [5.74, 6) is 0.458. The number of hydrogen-bond donors (Lipinski definition) is 2. The second-order valence-electron chi connectivity index (χ2n) is 11.3. The quantitative estimate of drug-likeness (QED) is 0.620. The molecule has 0 fully saturated rings. The monoisotopic (exact) mass is 413 g/mol. The molecule has 2 aromatic rings. The molecule has 2 aromatic carbocycles. The fraction of sp³-hybridized carbons (Fsp3) is 0.538. The summed E-state index contributed by atoms with van der Waals surface area (Å²) in [4.78, 5) is 0. The molecule has 2 nitrogen and oxygen atoms in total.